The molecule has 0 radical (unpaired) electrons. The Balaban J connectivity index is 1.96. The van der Waals surface area contributed by atoms with Gasteiger partial charge in [0, 0.05) is 0 Å². The van der Waals surface area contributed by atoms with Crippen LogP contribution in [-0.4, -0.2) is 27.2 Å². The van der Waals surface area contributed by atoms with Crippen LogP contribution < -0.4 is 10.6 Å². The minimum absolute atomic E-state index is 0.961. The molecule has 1 saturated carbocycles. The summed E-state index contributed by atoms with van der Waals surface area (Å²) in [6.45, 7) is 2.40. The lowest BCUT2D eigenvalue weighted by molar-refractivity contribution is 0.615. The summed E-state index contributed by atoms with van der Waals surface area (Å²) in [4.78, 5) is 0. The average Bonchev–Trinajstić information content (AvgIpc) is 2.50. The highest BCUT2D eigenvalue weighted by atomic mass is 14.9. The summed E-state index contributed by atoms with van der Waals surface area (Å²) in [5, 5.41) is 6.38. The van der Waals surface area contributed by atoms with Gasteiger partial charge in [0.25, 0.3) is 0 Å². The molecule has 2 heteroatoms. The van der Waals surface area contributed by atoms with Crippen LogP contribution in [0.25, 0.3) is 0 Å². The monoisotopic (exact) mass is 128 g/mol. The van der Waals surface area contributed by atoms with Crippen LogP contribution in [0.1, 0.15) is 6.42 Å². The number of hydrogen-bond acceptors (Lipinski definition) is 2. The molecule has 1 fully saturated rings. The third-order valence-corrected chi connectivity index (χ3v) is 2.00. The van der Waals surface area contributed by atoms with Crippen molar-refractivity contribution in [2.45, 2.75) is 6.42 Å². The predicted octanol–water partition coefficient (Wildman–Crippen LogP) is 0.0613. The molecule has 0 spiro atoms. The summed E-state index contributed by atoms with van der Waals surface area (Å²) in [6.07, 6.45) is 1.42. The van der Waals surface area contributed by atoms with Crippen molar-refractivity contribution in [3.63, 3.8) is 0 Å². The first kappa shape index (κ1) is 7.03. The van der Waals surface area contributed by atoms with E-state index in [1.54, 1.807) is 0 Å². The molecule has 1 rings (SSSR count). The highest BCUT2D eigenvalue weighted by Crippen LogP contribution is 2.36. The fourth-order valence-electron chi connectivity index (χ4n) is 1.33. The summed E-state index contributed by atoms with van der Waals surface area (Å²) in [7, 11) is 4.05. The second kappa shape index (κ2) is 3.18. The van der Waals surface area contributed by atoms with Crippen LogP contribution in [0.3, 0.4) is 0 Å². The van der Waals surface area contributed by atoms with Gasteiger partial charge in [0.15, 0.2) is 0 Å². The highest BCUT2D eigenvalue weighted by Gasteiger charge is 2.34. The maximum atomic E-state index is 3.19. The van der Waals surface area contributed by atoms with E-state index in [4.69, 9.17) is 0 Å². The molecule has 0 aromatic heterocycles. The van der Waals surface area contributed by atoms with E-state index >= 15 is 0 Å². The quantitative estimate of drug-likeness (QED) is 0.559. The van der Waals surface area contributed by atoms with E-state index in [2.05, 4.69) is 10.6 Å². The maximum absolute atomic E-state index is 3.19. The lowest BCUT2D eigenvalue weighted by Gasteiger charge is -1.96. The van der Waals surface area contributed by atoms with Crippen LogP contribution in [0, 0.1) is 11.8 Å². The van der Waals surface area contributed by atoms with Gasteiger partial charge in [-0.15, -0.1) is 0 Å². The first-order valence-electron chi connectivity index (χ1n) is 3.67. The zero-order valence-electron chi connectivity index (χ0n) is 6.28. The molecule has 1 aliphatic carbocycles. The van der Waals surface area contributed by atoms with Gasteiger partial charge in [-0.25, -0.2) is 0 Å². The molecule has 54 valence electrons. The van der Waals surface area contributed by atoms with Gasteiger partial charge in [-0.1, -0.05) is 0 Å². The van der Waals surface area contributed by atoms with Crippen molar-refractivity contribution in [2.24, 2.45) is 11.8 Å². The number of nitrogens with one attached hydrogen (secondary N) is 2. The van der Waals surface area contributed by atoms with E-state index in [0.29, 0.717) is 0 Å². The molecule has 0 saturated heterocycles. The molecule has 2 nitrogen and oxygen atoms in total. The Morgan fingerprint density at radius 1 is 1.11 bits per heavy atom. The molecule has 0 aliphatic heterocycles. The van der Waals surface area contributed by atoms with Crippen molar-refractivity contribution in [3.05, 3.63) is 0 Å². The minimum atomic E-state index is 0.961. The Labute approximate surface area is 57.0 Å². The smallest absolute Gasteiger partial charge is 0.00203 e. The molecule has 0 bridgehead atoms. The summed E-state index contributed by atoms with van der Waals surface area (Å²) in [6, 6.07) is 0. The van der Waals surface area contributed by atoms with Crippen LogP contribution in [-0.2, 0) is 0 Å². The third kappa shape index (κ3) is 1.95. The van der Waals surface area contributed by atoms with E-state index in [1.165, 1.54) is 19.5 Å². The highest BCUT2D eigenvalue weighted by molar-refractivity contribution is 4.88. The minimum Gasteiger partial charge on any atom is -0.319 e. The maximum Gasteiger partial charge on any atom is -0.00203 e. The van der Waals surface area contributed by atoms with Crippen molar-refractivity contribution in [1.29, 1.82) is 0 Å². The summed E-state index contributed by atoms with van der Waals surface area (Å²) >= 11 is 0. The van der Waals surface area contributed by atoms with E-state index < -0.39 is 0 Å². The van der Waals surface area contributed by atoms with E-state index in [-0.39, 0.29) is 0 Å². The van der Waals surface area contributed by atoms with E-state index in [1.807, 2.05) is 14.1 Å². The van der Waals surface area contributed by atoms with Crippen LogP contribution in [0.2, 0.25) is 0 Å². The Kier molecular flexibility index (Phi) is 2.49. The van der Waals surface area contributed by atoms with E-state index in [0.717, 1.165) is 11.8 Å². The molecule has 2 unspecified atom stereocenters. The van der Waals surface area contributed by atoms with Crippen molar-refractivity contribution >= 4 is 0 Å². The molecule has 0 amide bonds. The Hall–Kier alpha value is -0.0800. The SMILES string of the molecule is CNCC1CC1CNC. The van der Waals surface area contributed by atoms with Crippen LogP contribution in [0.5, 0.6) is 0 Å². The molecule has 0 heterocycles. The Morgan fingerprint density at radius 3 is 1.89 bits per heavy atom. The van der Waals surface area contributed by atoms with Crippen molar-refractivity contribution < 1.29 is 0 Å². The van der Waals surface area contributed by atoms with Gasteiger partial charge in [-0.2, -0.15) is 0 Å². The molecule has 1 aliphatic rings. The largest absolute Gasteiger partial charge is 0.319 e. The van der Waals surface area contributed by atoms with Gasteiger partial charge < -0.3 is 10.6 Å². The first-order chi connectivity index (χ1) is 4.38. The predicted molar refractivity (Wildman–Crippen MR) is 39.5 cm³/mol. The van der Waals surface area contributed by atoms with Gasteiger partial charge in [0.1, 0.15) is 0 Å². The molecule has 0 aromatic carbocycles. The van der Waals surface area contributed by atoms with Gasteiger partial charge in [0.05, 0.1) is 0 Å². The zero-order chi connectivity index (χ0) is 6.69. The van der Waals surface area contributed by atoms with Gasteiger partial charge in [0.2, 0.25) is 0 Å². The number of rotatable bonds is 4. The molecule has 2 N–H and O–H groups in total. The zero-order valence-corrected chi connectivity index (χ0v) is 6.28. The molecular weight excluding hydrogens is 112 g/mol. The summed E-state index contributed by atoms with van der Waals surface area (Å²) in [5.41, 5.74) is 0. The standard InChI is InChI=1S/C7H16N2/c1-8-4-6-3-7(6)5-9-2/h6-9H,3-5H2,1-2H3. The van der Waals surface area contributed by atoms with Gasteiger partial charge in [-0.05, 0) is 45.4 Å². The fraction of sp³-hybridized carbons (Fsp3) is 1.00. The molecule has 2 atom stereocenters. The number of hydrogen-bond donors (Lipinski definition) is 2. The Morgan fingerprint density at radius 2 is 1.56 bits per heavy atom. The van der Waals surface area contributed by atoms with Crippen LogP contribution >= 0.6 is 0 Å². The fourth-order valence-corrected chi connectivity index (χ4v) is 1.33. The molecular formula is C7H16N2. The summed E-state index contributed by atoms with van der Waals surface area (Å²) < 4.78 is 0. The van der Waals surface area contributed by atoms with Crippen molar-refractivity contribution in [1.82, 2.24) is 10.6 Å². The normalized spacial score (nSPS) is 32.7. The van der Waals surface area contributed by atoms with Crippen molar-refractivity contribution in [3.8, 4) is 0 Å². The molecule has 0 aromatic rings. The lowest BCUT2D eigenvalue weighted by Crippen LogP contribution is -2.15. The van der Waals surface area contributed by atoms with Crippen LogP contribution in [0.4, 0.5) is 0 Å². The first-order valence-corrected chi connectivity index (χ1v) is 3.67. The van der Waals surface area contributed by atoms with Gasteiger partial charge >= 0.3 is 0 Å². The second-order valence-electron chi connectivity index (χ2n) is 2.87. The van der Waals surface area contributed by atoms with Gasteiger partial charge in [-0.3, -0.25) is 0 Å². The third-order valence-electron chi connectivity index (χ3n) is 2.00. The van der Waals surface area contributed by atoms with E-state index in [9.17, 15) is 0 Å². The van der Waals surface area contributed by atoms with Crippen molar-refractivity contribution in [2.75, 3.05) is 27.2 Å². The summed E-state index contributed by atoms with van der Waals surface area (Å²) in [5.74, 6) is 1.92. The average molecular weight is 128 g/mol. The lowest BCUT2D eigenvalue weighted by atomic mass is 10.3. The second-order valence-corrected chi connectivity index (χ2v) is 2.87. The van der Waals surface area contributed by atoms with Crippen LogP contribution in [0.15, 0.2) is 0 Å². The topological polar surface area (TPSA) is 24.1 Å². The Bertz CT molecular complexity index is 73.0. The molecule has 9 heavy (non-hydrogen) atoms.